The number of nitrogens with zero attached hydrogens (tertiary/aromatic N) is 1. The molecule has 98 valence electrons. The van der Waals surface area contributed by atoms with Gasteiger partial charge in [-0.3, -0.25) is 10.1 Å². The minimum Gasteiger partial charge on any atom is -0.487 e. The van der Waals surface area contributed by atoms with Gasteiger partial charge in [-0.2, -0.15) is 0 Å². The van der Waals surface area contributed by atoms with E-state index in [9.17, 15) is 10.1 Å². The van der Waals surface area contributed by atoms with E-state index in [0.29, 0.717) is 16.3 Å². The number of ether oxygens (including phenoxy) is 1. The highest BCUT2D eigenvalue weighted by Crippen LogP contribution is 2.29. The van der Waals surface area contributed by atoms with Crippen LogP contribution in [0.15, 0.2) is 46.9 Å². The van der Waals surface area contributed by atoms with Gasteiger partial charge >= 0.3 is 0 Å². The first kappa shape index (κ1) is 13.8. The van der Waals surface area contributed by atoms with E-state index in [1.807, 2.05) is 0 Å². The van der Waals surface area contributed by atoms with Gasteiger partial charge in [0.05, 0.1) is 15.5 Å². The zero-order valence-corrected chi connectivity index (χ0v) is 12.0. The molecule has 19 heavy (non-hydrogen) atoms. The lowest BCUT2D eigenvalue weighted by Crippen LogP contribution is -2.00. The standard InChI is InChI=1S/C13H9BrClNO3/c14-10-5-6-11(15)13(7-10)19-8-9-3-1-2-4-12(9)16(17)18/h1-7H,8H2. The van der Waals surface area contributed by atoms with Crippen LogP contribution in [-0.4, -0.2) is 4.92 Å². The summed E-state index contributed by atoms with van der Waals surface area (Å²) >= 11 is 9.30. The molecule has 0 bridgehead atoms. The van der Waals surface area contributed by atoms with E-state index in [4.69, 9.17) is 16.3 Å². The highest BCUT2D eigenvalue weighted by atomic mass is 79.9. The minimum absolute atomic E-state index is 0.0358. The summed E-state index contributed by atoms with van der Waals surface area (Å²) in [5.41, 5.74) is 0.539. The molecule has 2 aromatic rings. The highest BCUT2D eigenvalue weighted by molar-refractivity contribution is 9.10. The van der Waals surface area contributed by atoms with Gasteiger partial charge in [-0.15, -0.1) is 0 Å². The number of benzene rings is 2. The molecule has 0 saturated heterocycles. The average molecular weight is 343 g/mol. The molecular formula is C13H9BrClNO3. The van der Waals surface area contributed by atoms with Crippen molar-refractivity contribution < 1.29 is 9.66 Å². The highest BCUT2D eigenvalue weighted by Gasteiger charge is 2.13. The van der Waals surface area contributed by atoms with Crippen molar-refractivity contribution in [3.8, 4) is 5.75 Å². The average Bonchev–Trinajstić information content (AvgIpc) is 2.40. The number of nitro groups is 1. The summed E-state index contributed by atoms with van der Waals surface area (Å²) in [7, 11) is 0. The van der Waals surface area contributed by atoms with Gasteiger partial charge in [-0.1, -0.05) is 39.7 Å². The smallest absolute Gasteiger partial charge is 0.276 e. The SMILES string of the molecule is O=[N+]([O-])c1ccccc1COc1cc(Br)ccc1Cl. The molecule has 4 nitrogen and oxygen atoms in total. The van der Waals surface area contributed by atoms with Crippen LogP contribution in [-0.2, 0) is 6.61 Å². The van der Waals surface area contributed by atoms with Gasteiger partial charge in [-0.05, 0) is 24.3 Å². The summed E-state index contributed by atoms with van der Waals surface area (Å²) in [6.07, 6.45) is 0. The van der Waals surface area contributed by atoms with Gasteiger partial charge in [0.25, 0.3) is 5.69 Å². The van der Waals surface area contributed by atoms with Crippen LogP contribution in [0, 0.1) is 10.1 Å². The summed E-state index contributed by atoms with van der Waals surface area (Å²) in [5, 5.41) is 11.3. The summed E-state index contributed by atoms with van der Waals surface area (Å²) < 4.78 is 6.36. The van der Waals surface area contributed by atoms with E-state index in [1.54, 1.807) is 36.4 Å². The summed E-state index contributed by atoms with van der Waals surface area (Å²) in [5.74, 6) is 0.481. The quantitative estimate of drug-likeness (QED) is 0.603. The van der Waals surface area contributed by atoms with E-state index >= 15 is 0 Å². The molecule has 6 heteroatoms. The van der Waals surface area contributed by atoms with E-state index in [1.165, 1.54) is 6.07 Å². The zero-order chi connectivity index (χ0) is 13.8. The zero-order valence-electron chi connectivity index (χ0n) is 9.68. The van der Waals surface area contributed by atoms with Crippen molar-refractivity contribution in [1.29, 1.82) is 0 Å². The Balaban J connectivity index is 2.19. The molecule has 0 amide bonds. The van der Waals surface area contributed by atoms with Crippen molar-refractivity contribution in [3.63, 3.8) is 0 Å². The third kappa shape index (κ3) is 3.45. The Morgan fingerprint density at radius 1 is 1.26 bits per heavy atom. The van der Waals surface area contributed by atoms with Crippen molar-refractivity contribution in [2.45, 2.75) is 6.61 Å². The summed E-state index contributed by atoms with van der Waals surface area (Å²) in [4.78, 5) is 10.4. The number of rotatable bonds is 4. The van der Waals surface area contributed by atoms with Gasteiger partial charge < -0.3 is 4.74 Å². The fourth-order valence-electron chi connectivity index (χ4n) is 1.55. The molecule has 0 radical (unpaired) electrons. The van der Waals surface area contributed by atoms with E-state index < -0.39 is 4.92 Å². The van der Waals surface area contributed by atoms with Crippen molar-refractivity contribution in [3.05, 3.63) is 67.6 Å². The number of halogens is 2. The van der Waals surface area contributed by atoms with Gasteiger partial charge in [0.2, 0.25) is 0 Å². The second kappa shape index (κ2) is 6.04. The second-order valence-corrected chi connectivity index (χ2v) is 5.07. The van der Waals surface area contributed by atoms with E-state index in [-0.39, 0.29) is 12.3 Å². The molecule has 0 spiro atoms. The maximum atomic E-state index is 10.9. The Hall–Kier alpha value is -1.59. The first-order valence-electron chi connectivity index (χ1n) is 5.38. The fraction of sp³-hybridized carbons (Fsp3) is 0.0769. The van der Waals surface area contributed by atoms with Crippen LogP contribution in [0.1, 0.15) is 5.56 Å². The molecule has 0 unspecified atom stereocenters. The summed E-state index contributed by atoms with van der Waals surface area (Å²) in [6.45, 7) is 0.0906. The van der Waals surface area contributed by atoms with Crippen LogP contribution in [0.4, 0.5) is 5.69 Å². The molecule has 2 aromatic carbocycles. The van der Waals surface area contributed by atoms with Crippen LogP contribution < -0.4 is 4.74 Å². The number of hydrogen-bond acceptors (Lipinski definition) is 3. The molecule has 0 heterocycles. The topological polar surface area (TPSA) is 52.4 Å². The largest absolute Gasteiger partial charge is 0.487 e. The van der Waals surface area contributed by atoms with E-state index in [0.717, 1.165) is 4.47 Å². The third-order valence-electron chi connectivity index (χ3n) is 2.46. The van der Waals surface area contributed by atoms with E-state index in [2.05, 4.69) is 15.9 Å². The number of nitro benzene ring substituents is 1. The van der Waals surface area contributed by atoms with Crippen molar-refractivity contribution in [2.24, 2.45) is 0 Å². The lowest BCUT2D eigenvalue weighted by molar-refractivity contribution is -0.385. The Bertz CT molecular complexity index is 619. The Labute approximate surface area is 123 Å². The lowest BCUT2D eigenvalue weighted by atomic mass is 10.2. The molecule has 2 rings (SSSR count). The monoisotopic (exact) mass is 341 g/mol. The molecule has 0 aliphatic heterocycles. The molecule has 0 fully saturated rings. The molecule has 0 aliphatic rings. The van der Waals surface area contributed by atoms with Gasteiger partial charge in [-0.25, -0.2) is 0 Å². The van der Waals surface area contributed by atoms with Crippen molar-refractivity contribution in [2.75, 3.05) is 0 Å². The maximum Gasteiger partial charge on any atom is 0.276 e. The Kier molecular flexibility index (Phi) is 4.39. The molecular weight excluding hydrogens is 334 g/mol. The van der Waals surface area contributed by atoms with Crippen molar-refractivity contribution in [1.82, 2.24) is 0 Å². The van der Waals surface area contributed by atoms with Crippen LogP contribution in [0.2, 0.25) is 5.02 Å². The fourth-order valence-corrected chi connectivity index (χ4v) is 2.07. The summed E-state index contributed by atoms with van der Waals surface area (Å²) in [6, 6.07) is 11.7. The van der Waals surface area contributed by atoms with Crippen LogP contribution in [0.5, 0.6) is 5.75 Å². The first-order valence-corrected chi connectivity index (χ1v) is 6.55. The Morgan fingerprint density at radius 2 is 2.00 bits per heavy atom. The number of hydrogen-bond donors (Lipinski definition) is 0. The van der Waals surface area contributed by atoms with Gasteiger partial charge in [0.1, 0.15) is 12.4 Å². The van der Waals surface area contributed by atoms with Crippen LogP contribution >= 0.6 is 27.5 Å². The van der Waals surface area contributed by atoms with Crippen molar-refractivity contribution >= 4 is 33.2 Å². The normalized spacial score (nSPS) is 10.2. The van der Waals surface area contributed by atoms with Gasteiger partial charge in [0, 0.05) is 10.5 Å². The lowest BCUT2D eigenvalue weighted by Gasteiger charge is -2.08. The predicted molar refractivity (Wildman–Crippen MR) is 76.6 cm³/mol. The maximum absolute atomic E-state index is 10.9. The predicted octanol–water partition coefficient (Wildman–Crippen LogP) is 4.59. The first-order chi connectivity index (χ1) is 9.08. The minimum atomic E-state index is -0.429. The Morgan fingerprint density at radius 3 is 2.74 bits per heavy atom. The van der Waals surface area contributed by atoms with Crippen LogP contribution in [0.3, 0.4) is 0 Å². The third-order valence-corrected chi connectivity index (χ3v) is 3.27. The van der Waals surface area contributed by atoms with Gasteiger partial charge in [0.15, 0.2) is 0 Å². The molecule has 0 aromatic heterocycles. The second-order valence-electron chi connectivity index (χ2n) is 3.75. The molecule has 0 aliphatic carbocycles. The molecule has 0 atom stereocenters. The molecule has 0 N–H and O–H groups in total. The molecule has 0 saturated carbocycles. The van der Waals surface area contributed by atoms with Crippen LogP contribution in [0.25, 0.3) is 0 Å². The number of para-hydroxylation sites is 1.